The summed E-state index contributed by atoms with van der Waals surface area (Å²) in [6, 6.07) is 21.5. The van der Waals surface area contributed by atoms with Gasteiger partial charge in [-0.15, -0.1) is 0 Å². The fourth-order valence-electron chi connectivity index (χ4n) is 2.91. The van der Waals surface area contributed by atoms with E-state index in [1.54, 1.807) is 68.8 Å². The number of hydrogen-bond donors (Lipinski definition) is 2. The van der Waals surface area contributed by atoms with E-state index in [4.69, 9.17) is 14.2 Å². The zero-order chi connectivity index (χ0) is 23.5. The second-order valence-electron chi connectivity index (χ2n) is 6.93. The maximum atomic E-state index is 12.1. The minimum absolute atomic E-state index is 0.103. The van der Waals surface area contributed by atoms with Gasteiger partial charge in [0.1, 0.15) is 5.75 Å². The van der Waals surface area contributed by atoms with Gasteiger partial charge in [0.05, 0.1) is 26.9 Å². The smallest absolute Gasteiger partial charge is 0.262 e. The van der Waals surface area contributed by atoms with Crippen LogP contribution in [0.15, 0.2) is 77.9 Å². The third-order valence-corrected chi connectivity index (χ3v) is 4.52. The zero-order valence-electron chi connectivity index (χ0n) is 18.4. The van der Waals surface area contributed by atoms with Crippen LogP contribution in [0, 0.1) is 0 Å². The number of amides is 2. The van der Waals surface area contributed by atoms with Crippen LogP contribution in [0.4, 0.5) is 5.69 Å². The van der Waals surface area contributed by atoms with Crippen molar-refractivity contribution in [3.63, 3.8) is 0 Å². The van der Waals surface area contributed by atoms with Gasteiger partial charge in [-0.1, -0.05) is 24.3 Å². The van der Waals surface area contributed by atoms with Crippen molar-refractivity contribution < 1.29 is 23.8 Å². The third-order valence-electron chi connectivity index (χ3n) is 4.52. The van der Waals surface area contributed by atoms with E-state index in [0.717, 1.165) is 11.1 Å². The molecule has 0 saturated heterocycles. The summed E-state index contributed by atoms with van der Waals surface area (Å²) >= 11 is 0. The summed E-state index contributed by atoms with van der Waals surface area (Å²) < 4.78 is 15.9. The van der Waals surface area contributed by atoms with Gasteiger partial charge in [0, 0.05) is 5.69 Å². The molecular weight excluding hydrogens is 422 g/mol. The molecule has 0 aliphatic carbocycles. The fraction of sp³-hybridized carbons (Fsp3) is 0.160. The van der Waals surface area contributed by atoms with Gasteiger partial charge in [0.25, 0.3) is 5.91 Å². The SMILES string of the molecule is COc1ccc(CC(=O)N/N=C/c2ccc(OCC(=O)Nc3ccccc3)cc2)cc1OC. The molecule has 0 saturated carbocycles. The van der Waals surface area contributed by atoms with Gasteiger partial charge < -0.3 is 19.5 Å². The number of methoxy groups -OCH3 is 2. The number of para-hydroxylation sites is 1. The lowest BCUT2D eigenvalue weighted by atomic mass is 10.1. The normalized spacial score (nSPS) is 10.5. The number of rotatable bonds is 10. The molecule has 0 aliphatic rings. The molecule has 0 atom stereocenters. The van der Waals surface area contributed by atoms with E-state index in [0.29, 0.717) is 22.9 Å². The predicted molar refractivity (Wildman–Crippen MR) is 126 cm³/mol. The van der Waals surface area contributed by atoms with Gasteiger partial charge >= 0.3 is 0 Å². The van der Waals surface area contributed by atoms with Crippen LogP contribution in [-0.4, -0.2) is 38.9 Å². The van der Waals surface area contributed by atoms with Gasteiger partial charge in [-0.05, 0) is 59.7 Å². The molecule has 0 aromatic heterocycles. The van der Waals surface area contributed by atoms with E-state index in [2.05, 4.69) is 15.8 Å². The third kappa shape index (κ3) is 7.39. The van der Waals surface area contributed by atoms with Gasteiger partial charge in [0.15, 0.2) is 18.1 Å². The monoisotopic (exact) mass is 447 g/mol. The Morgan fingerprint density at radius 3 is 2.30 bits per heavy atom. The molecule has 0 aliphatic heterocycles. The quantitative estimate of drug-likeness (QED) is 0.367. The van der Waals surface area contributed by atoms with Crippen LogP contribution in [-0.2, 0) is 16.0 Å². The van der Waals surface area contributed by atoms with Gasteiger partial charge in [-0.25, -0.2) is 5.43 Å². The van der Waals surface area contributed by atoms with Gasteiger partial charge in [0.2, 0.25) is 5.91 Å². The molecule has 0 bridgehead atoms. The molecule has 8 heteroatoms. The number of benzene rings is 3. The first-order valence-electron chi connectivity index (χ1n) is 10.2. The van der Waals surface area contributed by atoms with E-state index in [1.807, 2.05) is 18.2 Å². The number of carbonyl (C=O) groups excluding carboxylic acids is 2. The number of hydrogen-bond acceptors (Lipinski definition) is 6. The second kappa shape index (κ2) is 11.9. The van der Waals surface area contributed by atoms with Crippen LogP contribution < -0.4 is 25.0 Å². The summed E-state index contributed by atoms with van der Waals surface area (Å²) in [7, 11) is 3.10. The van der Waals surface area contributed by atoms with Crippen molar-refractivity contribution in [1.82, 2.24) is 5.43 Å². The number of carbonyl (C=O) groups is 2. The molecule has 2 N–H and O–H groups in total. The topological polar surface area (TPSA) is 98.3 Å². The number of anilines is 1. The van der Waals surface area contributed by atoms with Gasteiger partial charge in [-0.3, -0.25) is 9.59 Å². The number of nitrogens with zero attached hydrogens (tertiary/aromatic N) is 1. The van der Waals surface area contributed by atoms with Crippen LogP contribution in [0.3, 0.4) is 0 Å². The summed E-state index contributed by atoms with van der Waals surface area (Å²) in [6.07, 6.45) is 1.67. The molecule has 0 heterocycles. The number of nitrogens with one attached hydrogen (secondary N) is 2. The van der Waals surface area contributed by atoms with Crippen molar-refractivity contribution >= 4 is 23.7 Å². The van der Waals surface area contributed by atoms with Crippen LogP contribution in [0.1, 0.15) is 11.1 Å². The van der Waals surface area contributed by atoms with Crippen molar-refractivity contribution in [3.8, 4) is 17.2 Å². The van der Waals surface area contributed by atoms with Gasteiger partial charge in [-0.2, -0.15) is 5.10 Å². The lowest BCUT2D eigenvalue weighted by Gasteiger charge is -2.09. The second-order valence-corrected chi connectivity index (χ2v) is 6.93. The predicted octanol–water partition coefficient (Wildman–Crippen LogP) is 3.41. The highest BCUT2D eigenvalue weighted by atomic mass is 16.5. The van der Waals surface area contributed by atoms with Crippen molar-refractivity contribution in [2.24, 2.45) is 5.10 Å². The summed E-state index contributed by atoms with van der Waals surface area (Å²) in [6.45, 7) is -0.103. The van der Waals surface area contributed by atoms with Crippen LogP contribution in [0.5, 0.6) is 17.2 Å². The highest BCUT2D eigenvalue weighted by molar-refractivity contribution is 5.91. The van der Waals surface area contributed by atoms with Crippen molar-refractivity contribution in [2.75, 3.05) is 26.1 Å². The lowest BCUT2D eigenvalue weighted by Crippen LogP contribution is -2.20. The maximum absolute atomic E-state index is 12.1. The minimum atomic E-state index is -0.261. The molecular formula is C25H25N3O5. The molecule has 8 nitrogen and oxygen atoms in total. The summed E-state index contributed by atoms with van der Waals surface area (Å²) in [5.41, 5.74) is 4.75. The maximum Gasteiger partial charge on any atom is 0.262 e. The number of hydrazone groups is 1. The fourth-order valence-corrected chi connectivity index (χ4v) is 2.91. The Balaban J connectivity index is 1.44. The van der Waals surface area contributed by atoms with Crippen molar-refractivity contribution in [3.05, 3.63) is 83.9 Å². The highest BCUT2D eigenvalue weighted by Crippen LogP contribution is 2.27. The molecule has 2 amide bonds. The molecule has 3 aromatic carbocycles. The summed E-state index contributed by atoms with van der Waals surface area (Å²) in [5, 5.41) is 6.73. The standard InChI is InChI=1S/C25H25N3O5/c1-31-22-13-10-19(14-23(22)32-2)15-24(29)28-26-16-18-8-11-21(12-9-18)33-17-25(30)27-20-6-4-3-5-7-20/h3-14,16H,15,17H2,1-2H3,(H,27,30)(H,28,29)/b26-16+. The molecule has 3 aromatic rings. The van der Waals surface area contributed by atoms with Crippen LogP contribution in [0.25, 0.3) is 0 Å². The Morgan fingerprint density at radius 1 is 0.879 bits per heavy atom. The first-order chi connectivity index (χ1) is 16.1. The Kier molecular flexibility index (Phi) is 8.41. The minimum Gasteiger partial charge on any atom is -0.493 e. The lowest BCUT2D eigenvalue weighted by molar-refractivity contribution is -0.120. The first-order valence-corrected chi connectivity index (χ1v) is 10.2. The van der Waals surface area contributed by atoms with E-state index in [-0.39, 0.29) is 24.8 Å². The molecule has 0 unspecified atom stereocenters. The molecule has 0 radical (unpaired) electrons. The van der Waals surface area contributed by atoms with E-state index >= 15 is 0 Å². The molecule has 0 spiro atoms. The highest BCUT2D eigenvalue weighted by Gasteiger charge is 2.08. The van der Waals surface area contributed by atoms with E-state index < -0.39 is 0 Å². The van der Waals surface area contributed by atoms with Crippen LogP contribution >= 0.6 is 0 Å². The Labute approximate surface area is 192 Å². The number of ether oxygens (including phenoxy) is 3. The van der Waals surface area contributed by atoms with Crippen LogP contribution in [0.2, 0.25) is 0 Å². The molecule has 3 rings (SSSR count). The molecule has 170 valence electrons. The largest absolute Gasteiger partial charge is 0.493 e. The Bertz CT molecular complexity index is 1100. The van der Waals surface area contributed by atoms with Crippen molar-refractivity contribution in [1.29, 1.82) is 0 Å². The van der Waals surface area contributed by atoms with E-state index in [9.17, 15) is 9.59 Å². The zero-order valence-corrected chi connectivity index (χ0v) is 18.4. The Hall–Kier alpha value is -4.33. The average molecular weight is 447 g/mol. The molecule has 0 fully saturated rings. The first kappa shape index (κ1) is 23.3. The summed E-state index contributed by atoms with van der Waals surface area (Å²) in [4.78, 5) is 24.1. The summed E-state index contributed by atoms with van der Waals surface area (Å²) in [5.74, 6) is 1.20. The Morgan fingerprint density at radius 2 is 1.61 bits per heavy atom. The molecule has 33 heavy (non-hydrogen) atoms. The average Bonchev–Trinajstić information content (AvgIpc) is 2.84. The van der Waals surface area contributed by atoms with Crippen molar-refractivity contribution in [2.45, 2.75) is 6.42 Å². The van der Waals surface area contributed by atoms with E-state index in [1.165, 1.54) is 6.21 Å².